The summed E-state index contributed by atoms with van der Waals surface area (Å²) in [6, 6.07) is 7.68. The normalized spacial score (nSPS) is 17.3. The molecule has 0 saturated carbocycles. The minimum absolute atomic E-state index is 0.0168. The second kappa shape index (κ2) is 10.3. The van der Waals surface area contributed by atoms with Crippen molar-refractivity contribution < 1.29 is 14.4 Å². The summed E-state index contributed by atoms with van der Waals surface area (Å²) < 4.78 is 0. The molecule has 0 aliphatic carbocycles. The molecule has 4 amide bonds. The third-order valence-electron chi connectivity index (χ3n) is 5.69. The zero-order valence-corrected chi connectivity index (χ0v) is 17.3. The van der Waals surface area contributed by atoms with Crippen LogP contribution in [0.2, 0.25) is 0 Å². The molecule has 0 bridgehead atoms. The number of anilines is 1. The van der Waals surface area contributed by atoms with E-state index in [1.807, 2.05) is 41.0 Å². The molecule has 7 nitrogen and oxygen atoms in total. The van der Waals surface area contributed by atoms with Gasteiger partial charge in [0.05, 0.1) is 0 Å². The van der Waals surface area contributed by atoms with Crippen LogP contribution in [0.25, 0.3) is 0 Å². The molecule has 0 unspecified atom stereocenters. The number of benzene rings is 1. The van der Waals surface area contributed by atoms with E-state index in [1.54, 1.807) is 0 Å². The van der Waals surface area contributed by atoms with E-state index in [0.29, 0.717) is 38.9 Å². The van der Waals surface area contributed by atoms with Crippen molar-refractivity contribution >= 4 is 23.5 Å². The number of nitrogens with zero attached hydrogens (tertiary/aromatic N) is 2. The van der Waals surface area contributed by atoms with E-state index in [9.17, 15) is 14.4 Å². The highest BCUT2D eigenvalue weighted by Crippen LogP contribution is 2.20. The van der Waals surface area contributed by atoms with Crippen LogP contribution in [0.5, 0.6) is 0 Å². The number of nitrogens with one attached hydrogen (secondary N) is 2. The molecule has 0 atom stereocenters. The van der Waals surface area contributed by atoms with Crippen molar-refractivity contribution in [2.45, 2.75) is 52.0 Å². The fourth-order valence-electron chi connectivity index (χ4n) is 3.93. The molecule has 1 aromatic rings. The molecule has 2 aliphatic rings. The largest absolute Gasteiger partial charge is 0.352 e. The number of urea groups is 1. The fourth-order valence-corrected chi connectivity index (χ4v) is 3.93. The predicted molar refractivity (Wildman–Crippen MR) is 112 cm³/mol. The van der Waals surface area contributed by atoms with Crippen LogP contribution >= 0.6 is 0 Å². The van der Waals surface area contributed by atoms with E-state index in [-0.39, 0.29) is 23.8 Å². The summed E-state index contributed by atoms with van der Waals surface area (Å²) in [4.78, 5) is 40.4. The Bertz CT molecular complexity index is 705. The fraction of sp³-hybridized carbons (Fsp3) is 0.591. The molecule has 1 aromatic carbocycles. The second-order valence-electron chi connectivity index (χ2n) is 7.95. The van der Waals surface area contributed by atoms with Crippen molar-refractivity contribution in [3.05, 3.63) is 29.8 Å². The van der Waals surface area contributed by atoms with E-state index in [1.165, 1.54) is 0 Å². The Hall–Kier alpha value is -2.57. The zero-order chi connectivity index (χ0) is 20.6. The Labute approximate surface area is 172 Å². The summed E-state index contributed by atoms with van der Waals surface area (Å²) in [5, 5.41) is 5.87. The lowest BCUT2D eigenvalue weighted by molar-refractivity contribution is -0.126. The van der Waals surface area contributed by atoms with Crippen LogP contribution in [-0.4, -0.2) is 53.8 Å². The lowest BCUT2D eigenvalue weighted by Gasteiger charge is -2.34. The highest BCUT2D eigenvalue weighted by atomic mass is 16.2. The Morgan fingerprint density at radius 2 is 1.59 bits per heavy atom. The lowest BCUT2D eigenvalue weighted by atomic mass is 9.96. The standard InChI is InChI=1S/C22H32N4O3/c1-2-5-20(27)24-19-8-6-17(7-9-19)16-23-21(28)18-10-14-26(15-11-18)22(29)25-12-3-4-13-25/h6-9,18H,2-5,10-16H2,1H3,(H,23,28)(H,24,27). The molecule has 0 spiro atoms. The third kappa shape index (κ3) is 5.95. The van der Waals surface area contributed by atoms with Crippen molar-refractivity contribution in [3.8, 4) is 0 Å². The first-order chi connectivity index (χ1) is 14.1. The van der Waals surface area contributed by atoms with E-state index < -0.39 is 0 Å². The van der Waals surface area contributed by atoms with Crippen LogP contribution in [0.1, 0.15) is 51.0 Å². The van der Waals surface area contributed by atoms with Gasteiger partial charge in [0.15, 0.2) is 0 Å². The molecule has 0 aromatic heterocycles. The van der Waals surface area contributed by atoms with Crippen LogP contribution in [0.4, 0.5) is 10.5 Å². The van der Waals surface area contributed by atoms with Gasteiger partial charge in [0.1, 0.15) is 0 Å². The number of hydrogen-bond acceptors (Lipinski definition) is 3. The van der Waals surface area contributed by atoms with Gasteiger partial charge in [-0.05, 0) is 49.8 Å². The van der Waals surface area contributed by atoms with Gasteiger partial charge in [-0.3, -0.25) is 9.59 Å². The Balaban J connectivity index is 1.39. The van der Waals surface area contributed by atoms with E-state index >= 15 is 0 Å². The topological polar surface area (TPSA) is 81.8 Å². The summed E-state index contributed by atoms with van der Waals surface area (Å²) >= 11 is 0. The van der Waals surface area contributed by atoms with Crippen LogP contribution in [0, 0.1) is 5.92 Å². The number of rotatable bonds is 6. The molecule has 2 N–H and O–H groups in total. The average molecular weight is 401 g/mol. The molecule has 158 valence electrons. The average Bonchev–Trinajstić information content (AvgIpc) is 3.28. The van der Waals surface area contributed by atoms with Gasteiger partial charge in [0, 0.05) is 50.7 Å². The summed E-state index contributed by atoms with van der Waals surface area (Å²) in [7, 11) is 0. The molecule has 2 heterocycles. The van der Waals surface area contributed by atoms with Gasteiger partial charge in [-0.15, -0.1) is 0 Å². The van der Waals surface area contributed by atoms with Crippen LogP contribution in [0.3, 0.4) is 0 Å². The van der Waals surface area contributed by atoms with Crippen molar-refractivity contribution in [2.24, 2.45) is 5.92 Å². The van der Waals surface area contributed by atoms with Crippen molar-refractivity contribution in [1.82, 2.24) is 15.1 Å². The SMILES string of the molecule is CCCC(=O)Nc1ccc(CNC(=O)C2CCN(C(=O)N3CCCC3)CC2)cc1. The van der Waals surface area contributed by atoms with Crippen molar-refractivity contribution in [1.29, 1.82) is 0 Å². The summed E-state index contributed by atoms with van der Waals surface area (Å²) in [5.74, 6) is 0.0342. The molecule has 2 fully saturated rings. The van der Waals surface area contributed by atoms with E-state index in [0.717, 1.165) is 43.6 Å². The van der Waals surface area contributed by atoms with E-state index in [4.69, 9.17) is 0 Å². The maximum atomic E-state index is 12.5. The molecular weight excluding hydrogens is 368 g/mol. The van der Waals surface area contributed by atoms with Gasteiger partial charge in [0.25, 0.3) is 0 Å². The minimum Gasteiger partial charge on any atom is -0.352 e. The van der Waals surface area contributed by atoms with Gasteiger partial charge in [-0.25, -0.2) is 4.79 Å². The minimum atomic E-state index is -0.0368. The number of piperidine rings is 1. The van der Waals surface area contributed by atoms with Crippen LogP contribution in [-0.2, 0) is 16.1 Å². The first kappa shape index (κ1) is 21.1. The number of carbonyl (C=O) groups is 3. The van der Waals surface area contributed by atoms with Gasteiger partial charge in [-0.1, -0.05) is 19.1 Å². The molecule has 0 radical (unpaired) electrons. The van der Waals surface area contributed by atoms with E-state index in [2.05, 4.69) is 10.6 Å². The summed E-state index contributed by atoms with van der Waals surface area (Å²) in [5.41, 5.74) is 1.77. The smallest absolute Gasteiger partial charge is 0.319 e. The van der Waals surface area contributed by atoms with Crippen molar-refractivity contribution in [3.63, 3.8) is 0 Å². The number of likely N-dealkylation sites (tertiary alicyclic amines) is 2. The number of carbonyl (C=O) groups excluding carboxylic acids is 3. The Kier molecular flexibility index (Phi) is 7.49. The molecule has 7 heteroatoms. The predicted octanol–water partition coefficient (Wildman–Crippen LogP) is 2.97. The maximum Gasteiger partial charge on any atom is 0.319 e. The summed E-state index contributed by atoms with van der Waals surface area (Å²) in [6.07, 6.45) is 4.95. The molecule has 2 saturated heterocycles. The quantitative estimate of drug-likeness (QED) is 0.770. The number of amides is 4. The highest BCUT2D eigenvalue weighted by Gasteiger charge is 2.30. The zero-order valence-electron chi connectivity index (χ0n) is 17.3. The molecule has 3 rings (SSSR count). The highest BCUT2D eigenvalue weighted by molar-refractivity contribution is 5.90. The van der Waals surface area contributed by atoms with Gasteiger partial charge in [-0.2, -0.15) is 0 Å². The van der Waals surface area contributed by atoms with Crippen molar-refractivity contribution in [2.75, 3.05) is 31.5 Å². The third-order valence-corrected chi connectivity index (χ3v) is 5.69. The molecular formula is C22H32N4O3. The summed E-state index contributed by atoms with van der Waals surface area (Å²) in [6.45, 7) is 5.47. The molecule has 2 aliphatic heterocycles. The Morgan fingerprint density at radius 3 is 2.21 bits per heavy atom. The maximum absolute atomic E-state index is 12.5. The van der Waals surface area contributed by atoms with Crippen LogP contribution in [0.15, 0.2) is 24.3 Å². The Morgan fingerprint density at radius 1 is 0.966 bits per heavy atom. The van der Waals surface area contributed by atoms with Gasteiger partial charge in [0.2, 0.25) is 11.8 Å². The lowest BCUT2D eigenvalue weighted by Crippen LogP contribution is -2.47. The van der Waals surface area contributed by atoms with Crippen LogP contribution < -0.4 is 10.6 Å². The molecule has 29 heavy (non-hydrogen) atoms. The number of hydrogen-bond donors (Lipinski definition) is 2. The first-order valence-electron chi connectivity index (χ1n) is 10.8. The monoisotopic (exact) mass is 400 g/mol. The first-order valence-corrected chi connectivity index (χ1v) is 10.8. The van der Waals surface area contributed by atoms with Gasteiger partial charge >= 0.3 is 6.03 Å². The van der Waals surface area contributed by atoms with Gasteiger partial charge < -0.3 is 20.4 Å². The second-order valence-corrected chi connectivity index (χ2v) is 7.95.